The predicted octanol–water partition coefficient (Wildman–Crippen LogP) is 4.25. The van der Waals surface area contributed by atoms with Crippen LogP contribution in [0.4, 0.5) is 11.4 Å². The number of hydrogen-bond acceptors (Lipinski definition) is 5. The van der Waals surface area contributed by atoms with E-state index in [1.54, 1.807) is 23.1 Å². The number of nitrogens with zero attached hydrogens (tertiary/aromatic N) is 2. The second-order valence-corrected chi connectivity index (χ2v) is 9.93. The van der Waals surface area contributed by atoms with Gasteiger partial charge in [-0.05, 0) is 56.2 Å². The van der Waals surface area contributed by atoms with E-state index in [0.29, 0.717) is 18.5 Å². The van der Waals surface area contributed by atoms with E-state index in [1.165, 1.54) is 11.0 Å². The van der Waals surface area contributed by atoms with Gasteiger partial charge < -0.3 is 9.64 Å². The SMILES string of the molecule is CC1=CC[C@@H]2C(=O)N(c3cccc(OC(=O)[C@H]4CC(=O)N(c5ccc(Br)cc5)C4)c3)C(=O)[C@H]2C1. The van der Waals surface area contributed by atoms with Gasteiger partial charge in [0.1, 0.15) is 5.75 Å². The highest BCUT2D eigenvalue weighted by Gasteiger charge is 2.48. The first-order valence-electron chi connectivity index (χ1n) is 11.2. The molecular formula is C26H23BrN2O5. The summed E-state index contributed by atoms with van der Waals surface area (Å²) in [5, 5.41) is 0. The number of benzene rings is 2. The van der Waals surface area contributed by atoms with E-state index in [-0.39, 0.29) is 48.3 Å². The van der Waals surface area contributed by atoms with Crippen molar-refractivity contribution in [2.75, 3.05) is 16.3 Å². The maximum atomic E-state index is 13.0. The van der Waals surface area contributed by atoms with E-state index in [0.717, 1.165) is 15.7 Å². The Bertz CT molecular complexity index is 1220. The smallest absolute Gasteiger partial charge is 0.316 e. The number of allylic oxidation sites excluding steroid dienone is 2. The molecule has 8 heteroatoms. The second kappa shape index (κ2) is 8.83. The number of imide groups is 1. The summed E-state index contributed by atoms with van der Waals surface area (Å²) in [5.74, 6) is -2.12. The molecule has 0 saturated carbocycles. The summed E-state index contributed by atoms with van der Waals surface area (Å²) in [6.45, 7) is 2.21. The highest BCUT2D eigenvalue weighted by molar-refractivity contribution is 9.10. The molecule has 174 valence electrons. The molecule has 1 aliphatic carbocycles. The number of ether oxygens (including phenoxy) is 1. The van der Waals surface area contributed by atoms with Crippen molar-refractivity contribution in [3.05, 3.63) is 64.7 Å². The van der Waals surface area contributed by atoms with E-state index in [4.69, 9.17) is 4.74 Å². The van der Waals surface area contributed by atoms with Gasteiger partial charge in [-0.25, -0.2) is 4.90 Å². The fourth-order valence-corrected chi connectivity index (χ4v) is 5.18. The Balaban J connectivity index is 1.29. The lowest BCUT2D eigenvalue weighted by Gasteiger charge is -2.18. The van der Waals surface area contributed by atoms with E-state index < -0.39 is 11.9 Å². The topological polar surface area (TPSA) is 84.0 Å². The molecule has 0 N–H and O–H groups in total. The Labute approximate surface area is 205 Å². The zero-order valence-electron chi connectivity index (χ0n) is 18.6. The van der Waals surface area contributed by atoms with Crippen molar-refractivity contribution in [2.24, 2.45) is 17.8 Å². The van der Waals surface area contributed by atoms with Crippen LogP contribution >= 0.6 is 15.9 Å². The first-order valence-corrected chi connectivity index (χ1v) is 12.0. The van der Waals surface area contributed by atoms with E-state index in [9.17, 15) is 19.2 Å². The highest BCUT2D eigenvalue weighted by Crippen LogP contribution is 2.40. The van der Waals surface area contributed by atoms with Crippen molar-refractivity contribution in [3.63, 3.8) is 0 Å². The van der Waals surface area contributed by atoms with Crippen molar-refractivity contribution < 1.29 is 23.9 Å². The molecule has 0 radical (unpaired) electrons. The summed E-state index contributed by atoms with van der Waals surface area (Å²) in [4.78, 5) is 54.1. The van der Waals surface area contributed by atoms with Crippen molar-refractivity contribution in [3.8, 4) is 5.75 Å². The van der Waals surface area contributed by atoms with Gasteiger partial charge in [0.15, 0.2) is 0 Å². The molecule has 3 aliphatic rings. The van der Waals surface area contributed by atoms with E-state index in [1.807, 2.05) is 37.3 Å². The van der Waals surface area contributed by atoms with Crippen molar-refractivity contribution in [1.29, 1.82) is 0 Å². The monoisotopic (exact) mass is 522 g/mol. The number of anilines is 2. The molecule has 7 nitrogen and oxygen atoms in total. The summed E-state index contributed by atoms with van der Waals surface area (Å²) in [6.07, 6.45) is 3.24. The molecule has 2 aliphatic heterocycles. The highest BCUT2D eigenvalue weighted by atomic mass is 79.9. The third-order valence-corrected chi connectivity index (χ3v) is 7.24. The molecular weight excluding hydrogens is 500 g/mol. The largest absolute Gasteiger partial charge is 0.426 e. The quantitative estimate of drug-likeness (QED) is 0.259. The van der Waals surface area contributed by atoms with Gasteiger partial charge in [0.05, 0.1) is 23.4 Å². The van der Waals surface area contributed by atoms with Crippen molar-refractivity contribution >= 4 is 51.0 Å². The van der Waals surface area contributed by atoms with Crippen LogP contribution in [0.5, 0.6) is 5.75 Å². The van der Waals surface area contributed by atoms with Crippen LogP contribution in [-0.4, -0.2) is 30.2 Å². The molecule has 34 heavy (non-hydrogen) atoms. The summed E-state index contributed by atoms with van der Waals surface area (Å²) in [5.41, 5.74) is 2.24. The van der Waals surface area contributed by atoms with Crippen LogP contribution in [0, 0.1) is 17.8 Å². The number of carbonyl (C=O) groups excluding carboxylic acids is 4. The molecule has 0 spiro atoms. The molecule has 2 aromatic rings. The fraction of sp³-hybridized carbons (Fsp3) is 0.308. The molecule has 0 aromatic heterocycles. The lowest BCUT2D eigenvalue weighted by Crippen LogP contribution is -2.31. The molecule has 2 heterocycles. The third-order valence-electron chi connectivity index (χ3n) is 6.71. The van der Waals surface area contributed by atoms with Crippen LogP contribution in [0.2, 0.25) is 0 Å². The Morgan fingerprint density at radius 3 is 2.47 bits per heavy atom. The first kappa shape index (κ1) is 22.5. The molecule has 2 fully saturated rings. The summed E-state index contributed by atoms with van der Waals surface area (Å²) in [7, 11) is 0. The van der Waals surface area contributed by atoms with Crippen molar-refractivity contribution in [1.82, 2.24) is 0 Å². The van der Waals surface area contributed by atoms with Crippen molar-refractivity contribution in [2.45, 2.75) is 26.2 Å². The Hall–Kier alpha value is -3.26. The zero-order chi connectivity index (χ0) is 24.0. The first-order chi connectivity index (χ1) is 16.3. The van der Waals surface area contributed by atoms with Gasteiger partial charge in [-0.15, -0.1) is 0 Å². The van der Waals surface area contributed by atoms with Crippen LogP contribution in [0.15, 0.2) is 64.7 Å². The third kappa shape index (κ3) is 4.07. The molecule has 5 rings (SSSR count). The van der Waals surface area contributed by atoms with Crippen LogP contribution in [0.1, 0.15) is 26.2 Å². The zero-order valence-corrected chi connectivity index (χ0v) is 20.2. The lowest BCUT2D eigenvalue weighted by molar-refractivity contribution is -0.139. The average molecular weight is 523 g/mol. The molecule has 2 saturated heterocycles. The number of amides is 3. The molecule has 0 unspecified atom stereocenters. The maximum absolute atomic E-state index is 13.0. The number of hydrogen-bond donors (Lipinski definition) is 0. The molecule has 3 atom stereocenters. The number of halogens is 1. The summed E-state index contributed by atoms with van der Waals surface area (Å²) in [6, 6.07) is 13.8. The second-order valence-electron chi connectivity index (χ2n) is 9.02. The number of rotatable bonds is 4. The minimum absolute atomic E-state index is 0.0629. The van der Waals surface area contributed by atoms with Gasteiger partial charge in [-0.2, -0.15) is 0 Å². The summed E-state index contributed by atoms with van der Waals surface area (Å²) < 4.78 is 6.47. The van der Waals surface area contributed by atoms with Gasteiger partial charge in [0, 0.05) is 29.2 Å². The molecule has 3 amide bonds. The van der Waals surface area contributed by atoms with Crippen LogP contribution in [0.25, 0.3) is 0 Å². The fourth-order valence-electron chi connectivity index (χ4n) is 4.91. The number of fused-ring (bicyclic) bond motifs is 1. The number of esters is 1. The Morgan fingerprint density at radius 2 is 1.71 bits per heavy atom. The van der Waals surface area contributed by atoms with E-state index in [2.05, 4.69) is 15.9 Å². The Kier molecular flexibility index (Phi) is 5.85. The minimum Gasteiger partial charge on any atom is -0.426 e. The normalized spacial score (nSPS) is 24.4. The van der Waals surface area contributed by atoms with Gasteiger partial charge >= 0.3 is 5.97 Å². The molecule has 0 bridgehead atoms. The van der Waals surface area contributed by atoms with E-state index >= 15 is 0 Å². The number of carbonyl (C=O) groups is 4. The minimum atomic E-state index is -0.605. The van der Waals surface area contributed by atoms with Gasteiger partial charge in [0.2, 0.25) is 17.7 Å². The van der Waals surface area contributed by atoms with Crippen LogP contribution in [-0.2, 0) is 19.2 Å². The van der Waals surface area contributed by atoms with Crippen LogP contribution in [0.3, 0.4) is 0 Å². The van der Waals surface area contributed by atoms with Gasteiger partial charge in [-0.1, -0.05) is 33.6 Å². The summed E-state index contributed by atoms with van der Waals surface area (Å²) >= 11 is 3.37. The predicted molar refractivity (Wildman–Crippen MR) is 129 cm³/mol. The van der Waals surface area contributed by atoms with Gasteiger partial charge in [0.25, 0.3) is 0 Å². The standard InChI is InChI=1S/C26H23BrN2O5/c1-15-5-10-21-22(11-15)25(32)29(24(21)31)19-3-2-4-20(13-19)34-26(33)16-12-23(30)28(14-16)18-8-6-17(27)7-9-18/h2-9,13,16,21-22H,10-12,14H2,1H3/t16-,21-,22-/m0/s1. The Morgan fingerprint density at radius 1 is 0.971 bits per heavy atom. The maximum Gasteiger partial charge on any atom is 0.316 e. The van der Waals surface area contributed by atoms with Gasteiger partial charge in [-0.3, -0.25) is 19.2 Å². The molecule has 2 aromatic carbocycles. The average Bonchev–Trinajstić information content (AvgIpc) is 3.32. The van der Waals surface area contributed by atoms with Crippen LogP contribution < -0.4 is 14.5 Å². The lowest BCUT2D eigenvalue weighted by atomic mass is 9.82.